The Morgan fingerprint density at radius 3 is 2.80 bits per heavy atom. The summed E-state index contributed by atoms with van der Waals surface area (Å²) in [5, 5.41) is 21.0. The van der Waals surface area contributed by atoms with Crippen molar-refractivity contribution in [3.05, 3.63) is 40.2 Å². The molecular formula is C12H16N6O2. The van der Waals surface area contributed by atoms with Crippen molar-refractivity contribution < 1.29 is 4.92 Å². The van der Waals surface area contributed by atoms with E-state index in [4.69, 9.17) is 0 Å². The molecule has 2 heterocycles. The molecule has 0 fully saturated rings. The Kier molecular flexibility index (Phi) is 4.14. The number of nitro groups is 1. The van der Waals surface area contributed by atoms with Crippen LogP contribution in [-0.2, 0) is 13.5 Å². The maximum absolute atomic E-state index is 10.9. The van der Waals surface area contributed by atoms with E-state index in [1.165, 1.54) is 6.07 Å². The molecule has 2 aromatic rings. The minimum atomic E-state index is -0.449. The van der Waals surface area contributed by atoms with Crippen LogP contribution >= 0.6 is 0 Å². The third-order valence-electron chi connectivity index (χ3n) is 2.77. The Balaban J connectivity index is 2.05. The molecule has 0 aliphatic carbocycles. The highest BCUT2D eigenvalue weighted by Crippen LogP contribution is 2.23. The molecule has 8 heteroatoms. The molecule has 20 heavy (non-hydrogen) atoms. The van der Waals surface area contributed by atoms with Crippen LogP contribution in [-0.4, -0.2) is 33.3 Å². The van der Waals surface area contributed by atoms with Crippen molar-refractivity contribution in [2.24, 2.45) is 7.05 Å². The fourth-order valence-electron chi connectivity index (χ4n) is 1.77. The number of aromatic nitrogens is 3. The first-order valence-corrected chi connectivity index (χ1v) is 6.15. The van der Waals surface area contributed by atoms with Gasteiger partial charge in [-0.1, -0.05) is 0 Å². The van der Waals surface area contributed by atoms with E-state index in [0.29, 0.717) is 18.8 Å². The van der Waals surface area contributed by atoms with Crippen LogP contribution in [0.5, 0.6) is 0 Å². The summed E-state index contributed by atoms with van der Waals surface area (Å²) in [5.41, 5.74) is 0.887. The fraction of sp³-hybridized carbons (Fsp3) is 0.333. The van der Waals surface area contributed by atoms with Gasteiger partial charge in [0.2, 0.25) is 5.82 Å². The fourth-order valence-corrected chi connectivity index (χ4v) is 1.77. The number of anilines is 2. The second kappa shape index (κ2) is 6.00. The number of aryl methyl sites for hydroxylation is 1. The lowest BCUT2D eigenvalue weighted by Gasteiger charge is -2.07. The quantitative estimate of drug-likeness (QED) is 0.611. The minimum absolute atomic E-state index is 0.0370. The molecule has 0 radical (unpaired) electrons. The molecule has 0 atom stereocenters. The molecule has 2 aromatic heterocycles. The maximum Gasteiger partial charge on any atom is 0.311 e. The third-order valence-corrected chi connectivity index (χ3v) is 2.77. The number of rotatable bonds is 6. The van der Waals surface area contributed by atoms with Gasteiger partial charge < -0.3 is 10.6 Å². The Labute approximate surface area is 116 Å². The van der Waals surface area contributed by atoms with Crippen LogP contribution in [0, 0.1) is 10.1 Å². The van der Waals surface area contributed by atoms with E-state index in [1.807, 2.05) is 19.3 Å². The van der Waals surface area contributed by atoms with Gasteiger partial charge in [0.05, 0.1) is 10.6 Å². The van der Waals surface area contributed by atoms with Crippen molar-refractivity contribution >= 4 is 17.3 Å². The lowest BCUT2D eigenvalue weighted by molar-refractivity contribution is -0.384. The maximum atomic E-state index is 10.9. The molecule has 0 bridgehead atoms. The number of hydrogen-bond acceptors (Lipinski definition) is 6. The third kappa shape index (κ3) is 3.22. The van der Waals surface area contributed by atoms with Crippen LogP contribution in [0.3, 0.4) is 0 Å². The monoisotopic (exact) mass is 276 g/mol. The lowest BCUT2D eigenvalue weighted by atomic mass is 10.3. The highest BCUT2D eigenvalue weighted by atomic mass is 16.6. The van der Waals surface area contributed by atoms with Gasteiger partial charge in [0, 0.05) is 39.3 Å². The molecule has 0 amide bonds. The van der Waals surface area contributed by atoms with Gasteiger partial charge in [-0.3, -0.25) is 14.8 Å². The molecule has 0 saturated carbocycles. The summed E-state index contributed by atoms with van der Waals surface area (Å²) in [6.07, 6.45) is 2.53. The van der Waals surface area contributed by atoms with Gasteiger partial charge in [0.25, 0.3) is 0 Å². The van der Waals surface area contributed by atoms with Crippen LogP contribution in [0.2, 0.25) is 0 Å². The van der Waals surface area contributed by atoms with E-state index >= 15 is 0 Å². The number of pyridine rings is 1. The first-order valence-electron chi connectivity index (χ1n) is 6.15. The summed E-state index contributed by atoms with van der Waals surface area (Å²) in [5.74, 6) is 0.841. The van der Waals surface area contributed by atoms with Gasteiger partial charge in [-0.2, -0.15) is 5.10 Å². The van der Waals surface area contributed by atoms with E-state index < -0.39 is 4.92 Å². The molecule has 0 unspecified atom stereocenters. The predicted octanol–water partition coefficient (Wildman–Crippen LogP) is 1.42. The Morgan fingerprint density at radius 1 is 1.40 bits per heavy atom. The minimum Gasteiger partial charge on any atom is -0.373 e. The Morgan fingerprint density at radius 2 is 2.20 bits per heavy atom. The summed E-state index contributed by atoms with van der Waals surface area (Å²) in [6, 6.07) is 4.91. The average molecular weight is 276 g/mol. The van der Waals surface area contributed by atoms with Gasteiger partial charge in [0.15, 0.2) is 0 Å². The zero-order valence-corrected chi connectivity index (χ0v) is 11.3. The van der Waals surface area contributed by atoms with Gasteiger partial charge in [-0.05, 0) is 12.1 Å². The van der Waals surface area contributed by atoms with E-state index in [2.05, 4.69) is 20.7 Å². The first-order chi connectivity index (χ1) is 9.60. The van der Waals surface area contributed by atoms with E-state index in [0.717, 1.165) is 5.69 Å². The second-order valence-corrected chi connectivity index (χ2v) is 4.23. The standard InChI is InChI=1S/C12H16N6O2/c1-13-11-4-3-10(18(19)20)12(15-11)14-7-5-9-6-8-17(2)16-9/h3-4,6,8H,5,7H2,1-2H3,(H2,13,14,15). The molecule has 2 rings (SSSR count). The first kappa shape index (κ1) is 13.8. The topological polar surface area (TPSA) is 97.9 Å². The van der Waals surface area contributed by atoms with E-state index in [-0.39, 0.29) is 11.5 Å². The molecule has 0 aliphatic rings. The summed E-state index contributed by atoms with van der Waals surface area (Å²) in [6.45, 7) is 0.526. The molecule has 0 spiro atoms. The van der Waals surface area contributed by atoms with Crippen LogP contribution in [0.1, 0.15) is 5.69 Å². The zero-order valence-electron chi connectivity index (χ0n) is 11.3. The number of nitrogens with one attached hydrogen (secondary N) is 2. The van der Waals surface area contributed by atoms with Crippen molar-refractivity contribution in [2.75, 3.05) is 24.2 Å². The summed E-state index contributed by atoms with van der Waals surface area (Å²) in [4.78, 5) is 14.7. The summed E-state index contributed by atoms with van der Waals surface area (Å²) < 4.78 is 1.72. The van der Waals surface area contributed by atoms with Crippen molar-refractivity contribution in [3.63, 3.8) is 0 Å². The molecular weight excluding hydrogens is 260 g/mol. The highest BCUT2D eigenvalue weighted by Gasteiger charge is 2.15. The lowest BCUT2D eigenvalue weighted by Crippen LogP contribution is -2.10. The molecule has 0 saturated heterocycles. The second-order valence-electron chi connectivity index (χ2n) is 4.23. The Bertz CT molecular complexity index is 610. The van der Waals surface area contributed by atoms with E-state index in [9.17, 15) is 10.1 Å². The normalized spacial score (nSPS) is 10.3. The van der Waals surface area contributed by atoms with Crippen molar-refractivity contribution in [2.45, 2.75) is 6.42 Å². The molecule has 0 aromatic carbocycles. The van der Waals surface area contributed by atoms with Crippen LogP contribution < -0.4 is 10.6 Å². The molecule has 2 N–H and O–H groups in total. The smallest absolute Gasteiger partial charge is 0.311 e. The van der Waals surface area contributed by atoms with Gasteiger partial charge >= 0.3 is 5.69 Å². The molecule has 8 nitrogen and oxygen atoms in total. The number of hydrogen-bond donors (Lipinski definition) is 2. The van der Waals surface area contributed by atoms with Crippen molar-refractivity contribution in [3.8, 4) is 0 Å². The van der Waals surface area contributed by atoms with E-state index in [1.54, 1.807) is 17.8 Å². The Hall–Kier alpha value is -2.64. The van der Waals surface area contributed by atoms with Crippen molar-refractivity contribution in [1.29, 1.82) is 0 Å². The van der Waals surface area contributed by atoms with Crippen LogP contribution in [0.4, 0.5) is 17.3 Å². The average Bonchev–Trinajstić information content (AvgIpc) is 2.84. The summed E-state index contributed by atoms with van der Waals surface area (Å²) >= 11 is 0. The van der Waals surface area contributed by atoms with Crippen LogP contribution in [0.15, 0.2) is 24.4 Å². The van der Waals surface area contributed by atoms with Crippen molar-refractivity contribution in [1.82, 2.24) is 14.8 Å². The zero-order chi connectivity index (χ0) is 14.5. The number of nitrogens with zero attached hydrogens (tertiary/aromatic N) is 4. The largest absolute Gasteiger partial charge is 0.373 e. The van der Waals surface area contributed by atoms with Gasteiger partial charge in [-0.25, -0.2) is 4.98 Å². The molecule has 0 aliphatic heterocycles. The predicted molar refractivity (Wildman–Crippen MR) is 75.8 cm³/mol. The highest BCUT2D eigenvalue weighted by molar-refractivity contribution is 5.60. The molecule has 106 valence electrons. The summed E-state index contributed by atoms with van der Waals surface area (Å²) in [7, 11) is 3.56. The van der Waals surface area contributed by atoms with Gasteiger partial charge in [-0.15, -0.1) is 0 Å². The SMILES string of the molecule is CNc1ccc([N+](=O)[O-])c(NCCc2ccn(C)n2)n1. The van der Waals surface area contributed by atoms with Gasteiger partial charge in [0.1, 0.15) is 5.82 Å². The van der Waals surface area contributed by atoms with Crippen LogP contribution in [0.25, 0.3) is 0 Å².